The highest BCUT2D eigenvalue weighted by Gasteiger charge is 2.41. The minimum atomic E-state index is -0.768. The first kappa shape index (κ1) is 19.5. The number of rotatable bonds is 4. The molecule has 0 spiro atoms. The second kappa shape index (κ2) is 7.57. The van der Waals surface area contributed by atoms with E-state index < -0.39 is 11.7 Å². The molecule has 0 aliphatic carbocycles. The van der Waals surface area contributed by atoms with E-state index in [0.717, 1.165) is 42.3 Å². The Labute approximate surface area is 175 Å². The van der Waals surface area contributed by atoms with Gasteiger partial charge in [-0.1, -0.05) is 0 Å². The lowest BCUT2D eigenvalue weighted by atomic mass is 9.99. The second-order valence-electron chi connectivity index (χ2n) is 7.38. The number of hydrogen-bond donors (Lipinski definition) is 1. The summed E-state index contributed by atoms with van der Waals surface area (Å²) < 4.78 is 15.1. The molecule has 1 unspecified atom stereocenters. The highest BCUT2D eigenvalue weighted by atomic mass is 79.9. The Morgan fingerprint density at radius 2 is 2.04 bits per heavy atom. The zero-order valence-electron chi connectivity index (χ0n) is 15.5. The van der Waals surface area contributed by atoms with Crippen molar-refractivity contribution in [1.29, 1.82) is 0 Å². The summed E-state index contributed by atoms with van der Waals surface area (Å²) in [6.45, 7) is 4.58. The number of hydrogen-bond acceptors (Lipinski definition) is 4. The van der Waals surface area contributed by atoms with Gasteiger partial charge in [0.25, 0.3) is 5.91 Å². The molecular weight excluding hydrogens is 445 g/mol. The third kappa shape index (κ3) is 3.49. The number of fused-ring (bicyclic) bond motifs is 1. The van der Waals surface area contributed by atoms with Gasteiger partial charge in [0, 0.05) is 30.6 Å². The van der Waals surface area contributed by atoms with Crippen LogP contribution in [0.2, 0.25) is 0 Å². The summed E-state index contributed by atoms with van der Waals surface area (Å²) in [5.74, 6) is -1.52. The minimum Gasteiger partial charge on any atom is -0.366 e. The van der Waals surface area contributed by atoms with Crippen LogP contribution in [-0.2, 0) is 6.54 Å². The minimum absolute atomic E-state index is 0.0185. The Balaban J connectivity index is 1.49. The average Bonchev–Trinajstić information content (AvgIpc) is 3.16. The molecule has 2 aromatic rings. The van der Waals surface area contributed by atoms with Crippen molar-refractivity contribution in [3.05, 3.63) is 55.4 Å². The Hall–Kier alpha value is -1.77. The zero-order chi connectivity index (χ0) is 20.0. The fourth-order valence-electron chi connectivity index (χ4n) is 4.34. The molecule has 1 atom stereocenters. The van der Waals surface area contributed by atoms with Gasteiger partial charge >= 0.3 is 0 Å². The Kier molecular flexibility index (Phi) is 5.28. The summed E-state index contributed by atoms with van der Waals surface area (Å²) in [7, 11) is 0. The molecule has 2 aliphatic rings. The lowest BCUT2D eigenvalue weighted by molar-refractivity contribution is 0.0511. The highest BCUT2D eigenvalue weighted by Crippen LogP contribution is 2.39. The van der Waals surface area contributed by atoms with E-state index in [-0.39, 0.29) is 29.1 Å². The fraction of sp³-hybridized carbons (Fsp3) is 0.400. The summed E-state index contributed by atoms with van der Waals surface area (Å²) in [6, 6.07) is 6.42. The number of halogens is 2. The Morgan fingerprint density at radius 3 is 2.64 bits per heavy atom. The number of nitrogens with two attached hydrogens (primary N) is 1. The maximum absolute atomic E-state index is 14.0. The number of likely N-dealkylation sites (tertiary alicyclic amines) is 1. The first-order valence-electron chi connectivity index (χ1n) is 9.27. The van der Waals surface area contributed by atoms with Gasteiger partial charge in [0.1, 0.15) is 5.82 Å². The number of nitrogens with zero attached hydrogens (tertiary/aromatic N) is 2. The molecule has 8 heteroatoms. The second-order valence-corrected chi connectivity index (χ2v) is 9.93. The van der Waals surface area contributed by atoms with Crippen LogP contribution < -0.4 is 5.73 Å². The molecule has 1 aromatic heterocycles. The number of benzene rings is 1. The number of piperidine rings is 1. The molecule has 2 aliphatic heterocycles. The van der Waals surface area contributed by atoms with E-state index in [4.69, 9.17) is 5.73 Å². The quantitative estimate of drug-likeness (QED) is 0.743. The zero-order valence-corrected chi connectivity index (χ0v) is 17.9. The van der Waals surface area contributed by atoms with Gasteiger partial charge in [-0.05, 0) is 65.5 Å². The Bertz CT molecular complexity index is 940. The smallest absolute Gasteiger partial charge is 0.255 e. The van der Waals surface area contributed by atoms with Gasteiger partial charge in [0.2, 0.25) is 5.91 Å². The first-order chi connectivity index (χ1) is 13.3. The van der Waals surface area contributed by atoms with Crippen LogP contribution in [0, 0.1) is 5.82 Å². The van der Waals surface area contributed by atoms with Gasteiger partial charge in [-0.3, -0.25) is 14.5 Å². The van der Waals surface area contributed by atoms with E-state index in [9.17, 15) is 14.0 Å². The van der Waals surface area contributed by atoms with Crippen molar-refractivity contribution < 1.29 is 14.0 Å². The SMILES string of the molecule is CC1c2cc(F)cc(C(N)=O)c2C(=O)N1C1CCN(Cc2ccc(Br)s2)CC1. The van der Waals surface area contributed by atoms with Crippen LogP contribution in [0.3, 0.4) is 0 Å². The van der Waals surface area contributed by atoms with E-state index in [0.29, 0.717) is 5.56 Å². The molecule has 0 radical (unpaired) electrons. The molecule has 2 amide bonds. The summed E-state index contributed by atoms with van der Waals surface area (Å²) in [5, 5.41) is 0. The van der Waals surface area contributed by atoms with E-state index in [1.807, 2.05) is 11.8 Å². The van der Waals surface area contributed by atoms with Gasteiger partial charge < -0.3 is 10.6 Å². The molecule has 2 N–H and O–H groups in total. The summed E-state index contributed by atoms with van der Waals surface area (Å²) in [5.41, 5.74) is 6.21. The maximum Gasteiger partial charge on any atom is 0.255 e. The molecule has 5 nitrogen and oxygen atoms in total. The number of carbonyl (C=O) groups excluding carboxylic acids is 2. The van der Waals surface area contributed by atoms with Crippen molar-refractivity contribution in [2.75, 3.05) is 13.1 Å². The molecule has 28 heavy (non-hydrogen) atoms. The van der Waals surface area contributed by atoms with Crippen LogP contribution in [0.5, 0.6) is 0 Å². The molecule has 0 saturated carbocycles. The van der Waals surface area contributed by atoms with Crippen LogP contribution in [-0.4, -0.2) is 40.7 Å². The van der Waals surface area contributed by atoms with Crippen molar-refractivity contribution in [3.8, 4) is 0 Å². The van der Waals surface area contributed by atoms with E-state index in [2.05, 4.69) is 33.0 Å². The average molecular weight is 466 g/mol. The first-order valence-corrected chi connectivity index (χ1v) is 10.9. The molecule has 1 saturated heterocycles. The van der Waals surface area contributed by atoms with Gasteiger partial charge in [0.15, 0.2) is 0 Å². The summed E-state index contributed by atoms with van der Waals surface area (Å²) in [6.07, 6.45) is 1.70. The van der Waals surface area contributed by atoms with Crippen molar-refractivity contribution in [2.45, 2.75) is 38.4 Å². The summed E-state index contributed by atoms with van der Waals surface area (Å²) in [4.78, 5) is 30.4. The fourth-order valence-corrected chi connectivity index (χ4v) is 5.87. The van der Waals surface area contributed by atoms with Gasteiger partial charge in [0.05, 0.1) is 21.0 Å². The lowest BCUT2D eigenvalue weighted by Gasteiger charge is -2.38. The van der Waals surface area contributed by atoms with Crippen LogP contribution in [0.25, 0.3) is 0 Å². The topological polar surface area (TPSA) is 66.6 Å². The van der Waals surface area contributed by atoms with Gasteiger partial charge in [-0.2, -0.15) is 0 Å². The van der Waals surface area contributed by atoms with Gasteiger partial charge in [-0.25, -0.2) is 4.39 Å². The summed E-state index contributed by atoms with van der Waals surface area (Å²) >= 11 is 5.23. The number of amides is 2. The predicted octanol–water partition coefficient (Wildman–Crippen LogP) is 3.93. The van der Waals surface area contributed by atoms with Crippen molar-refractivity contribution in [2.24, 2.45) is 5.73 Å². The molecule has 148 valence electrons. The van der Waals surface area contributed by atoms with Crippen LogP contribution in [0.15, 0.2) is 28.1 Å². The van der Waals surface area contributed by atoms with Crippen molar-refractivity contribution in [3.63, 3.8) is 0 Å². The standard InChI is InChI=1S/C20H21BrFN3O2S/c1-11-15-8-12(22)9-16(19(23)26)18(15)20(27)25(11)13-4-6-24(7-5-13)10-14-2-3-17(21)28-14/h2-3,8-9,11,13H,4-7,10H2,1H3,(H2,23,26). The molecule has 1 fully saturated rings. The molecule has 0 bridgehead atoms. The normalized spacial score (nSPS) is 20.6. The van der Waals surface area contributed by atoms with Crippen LogP contribution in [0.4, 0.5) is 4.39 Å². The highest BCUT2D eigenvalue weighted by molar-refractivity contribution is 9.11. The van der Waals surface area contributed by atoms with E-state index in [1.54, 1.807) is 11.3 Å². The molecular formula is C20H21BrFN3O2S. The monoisotopic (exact) mass is 465 g/mol. The van der Waals surface area contributed by atoms with Gasteiger partial charge in [-0.15, -0.1) is 11.3 Å². The molecule has 3 heterocycles. The molecule has 4 rings (SSSR count). The lowest BCUT2D eigenvalue weighted by Crippen LogP contribution is -2.45. The third-order valence-corrected chi connectivity index (χ3v) is 7.28. The maximum atomic E-state index is 14.0. The number of thiophene rings is 1. The number of primary amides is 1. The van der Waals surface area contributed by atoms with Crippen molar-refractivity contribution >= 4 is 39.1 Å². The predicted molar refractivity (Wildman–Crippen MR) is 110 cm³/mol. The molecule has 1 aromatic carbocycles. The largest absolute Gasteiger partial charge is 0.366 e. The van der Waals surface area contributed by atoms with E-state index >= 15 is 0 Å². The van der Waals surface area contributed by atoms with Crippen LogP contribution in [0.1, 0.15) is 57.0 Å². The Morgan fingerprint density at radius 1 is 1.32 bits per heavy atom. The third-order valence-electron chi connectivity index (χ3n) is 5.67. The van der Waals surface area contributed by atoms with Crippen LogP contribution >= 0.6 is 27.3 Å². The van der Waals surface area contributed by atoms with Crippen molar-refractivity contribution in [1.82, 2.24) is 9.80 Å². The number of carbonyl (C=O) groups is 2. The van der Waals surface area contributed by atoms with E-state index in [1.165, 1.54) is 10.9 Å².